The highest BCUT2D eigenvalue weighted by atomic mass is 32.2. The largest absolute Gasteiger partial charge is 0.441 e. The first-order valence-corrected chi connectivity index (χ1v) is 10.9. The molecule has 156 valence electrons. The number of nitrogens with zero attached hydrogens (tertiary/aromatic N) is 2. The van der Waals surface area contributed by atoms with Crippen molar-refractivity contribution in [3.05, 3.63) is 65.9 Å². The Labute approximate surface area is 173 Å². The number of fused-ring (bicyclic) bond motifs is 1. The second kappa shape index (κ2) is 8.00. The molecule has 1 aromatic heterocycles. The van der Waals surface area contributed by atoms with Crippen molar-refractivity contribution in [3.63, 3.8) is 0 Å². The van der Waals surface area contributed by atoms with Crippen molar-refractivity contribution in [1.29, 1.82) is 0 Å². The summed E-state index contributed by atoms with van der Waals surface area (Å²) in [5, 5.41) is 0. The number of aryl methyl sites for hydroxylation is 1. The number of nitrogens with one attached hydrogen (secondary N) is 1. The number of rotatable bonds is 6. The fourth-order valence-corrected chi connectivity index (χ4v) is 4.26. The fraction of sp³-hybridized carbons (Fsp3) is 0.238. The van der Waals surface area contributed by atoms with Crippen molar-refractivity contribution in [2.24, 2.45) is 0 Å². The zero-order valence-corrected chi connectivity index (χ0v) is 17.1. The van der Waals surface area contributed by atoms with Crippen LogP contribution in [0.15, 0.2) is 58.0 Å². The third-order valence-corrected chi connectivity index (χ3v) is 6.48. The number of oxazole rings is 1. The molecule has 0 saturated heterocycles. The number of carbonyl (C=O) groups excluding carboxylic acids is 1. The van der Waals surface area contributed by atoms with Crippen LogP contribution >= 0.6 is 0 Å². The Morgan fingerprint density at radius 2 is 2.07 bits per heavy atom. The number of carbonyl (C=O) groups is 1. The molecule has 4 rings (SSSR count). The molecule has 3 aromatic rings. The van der Waals surface area contributed by atoms with Crippen LogP contribution in [-0.4, -0.2) is 32.9 Å². The fourth-order valence-electron chi connectivity index (χ4n) is 3.48. The molecule has 0 unspecified atom stereocenters. The lowest BCUT2D eigenvalue weighted by molar-refractivity contribution is -0.118. The summed E-state index contributed by atoms with van der Waals surface area (Å²) in [5.74, 6) is 0.171. The summed E-state index contributed by atoms with van der Waals surface area (Å²) in [5.41, 5.74) is 1.86. The Balaban J connectivity index is 1.44. The maximum Gasteiger partial charge on any atom is 0.240 e. The molecule has 0 atom stereocenters. The number of aromatic nitrogens is 1. The lowest BCUT2D eigenvalue weighted by Crippen LogP contribution is -2.29. The van der Waals surface area contributed by atoms with E-state index in [0.717, 1.165) is 11.3 Å². The zero-order valence-electron chi connectivity index (χ0n) is 16.3. The Morgan fingerprint density at radius 1 is 1.27 bits per heavy atom. The molecule has 0 fully saturated rings. The van der Waals surface area contributed by atoms with Crippen LogP contribution in [0.2, 0.25) is 0 Å². The van der Waals surface area contributed by atoms with Gasteiger partial charge in [-0.2, -0.15) is 0 Å². The lowest BCUT2D eigenvalue weighted by Gasteiger charge is -2.17. The molecule has 0 bridgehead atoms. The van der Waals surface area contributed by atoms with E-state index < -0.39 is 15.8 Å². The van der Waals surface area contributed by atoms with Gasteiger partial charge in [0.05, 0.1) is 16.7 Å². The first kappa shape index (κ1) is 20.2. The van der Waals surface area contributed by atoms with Crippen LogP contribution in [0.1, 0.15) is 17.9 Å². The van der Waals surface area contributed by atoms with Gasteiger partial charge >= 0.3 is 0 Å². The Bertz CT molecular complexity index is 1210. The lowest BCUT2D eigenvalue weighted by atomic mass is 10.2. The van der Waals surface area contributed by atoms with Gasteiger partial charge in [0.25, 0.3) is 0 Å². The Hall–Kier alpha value is -3.04. The number of benzene rings is 2. The van der Waals surface area contributed by atoms with Crippen LogP contribution in [0.4, 0.5) is 10.1 Å². The zero-order chi connectivity index (χ0) is 21.3. The minimum atomic E-state index is -3.53. The van der Waals surface area contributed by atoms with Gasteiger partial charge in [-0.3, -0.25) is 4.79 Å². The van der Waals surface area contributed by atoms with E-state index in [9.17, 15) is 17.6 Å². The number of hydrogen-bond donors (Lipinski definition) is 1. The second-order valence-electron chi connectivity index (χ2n) is 6.89. The van der Waals surface area contributed by atoms with Crippen molar-refractivity contribution < 1.29 is 22.0 Å². The van der Waals surface area contributed by atoms with E-state index in [4.69, 9.17) is 4.42 Å². The molecule has 2 aromatic carbocycles. The molecule has 0 saturated carbocycles. The SMILES string of the molecule is CNS(=O)(=O)c1ccc2c(c1)CCN2C(=O)CCc1ncc(-c2ccccc2F)o1. The van der Waals surface area contributed by atoms with E-state index in [1.54, 1.807) is 35.2 Å². The van der Waals surface area contributed by atoms with Crippen molar-refractivity contribution in [2.45, 2.75) is 24.2 Å². The number of halogens is 1. The Kier molecular flexibility index (Phi) is 5.40. The first-order valence-electron chi connectivity index (χ1n) is 9.45. The first-order chi connectivity index (χ1) is 14.4. The summed E-state index contributed by atoms with van der Waals surface area (Å²) in [4.78, 5) is 18.7. The van der Waals surface area contributed by atoms with Crippen molar-refractivity contribution in [3.8, 4) is 11.3 Å². The van der Waals surface area contributed by atoms with E-state index >= 15 is 0 Å². The van der Waals surface area contributed by atoms with E-state index in [2.05, 4.69) is 9.71 Å². The highest BCUT2D eigenvalue weighted by molar-refractivity contribution is 7.89. The van der Waals surface area contributed by atoms with Gasteiger partial charge in [0.15, 0.2) is 11.7 Å². The van der Waals surface area contributed by atoms with Gasteiger partial charge in [-0.25, -0.2) is 22.5 Å². The molecule has 9 heteroatoms. The molecule has 30 heavy (non-hydrogen) atoms. The molecular formula is C21H20FN3O4S. The second-order valence-corrected chi connectivity index (χ2v) is 8.78. The minimum Gasteiger partial charge on any atom is -0.441 e. The maximum absolute atomic E-state index is 13.9. The van der Waals surface area contributed by atoms with Crippen molar-refractivity contribution in [1.82, 2.24) is 9.71 Å². The summed E-state index contributed by atoms with van der Waals surface area (Å²) >= 11 is 0. The van der Waals surface area contributed by atoms with Gasteiger partial charge in [-0.1, -0.05) is 12.1 Å². The Morgan fingerprint density at radius 3 is 2.83 bits per heavy atom. The molecular weight excluding hydrogens is 409 g/mol. The summed E-state index contributed by atoms with van der Waals surface area (Å²) in [7, 11) is -2.17. The monoisotopic (exact) mass is 429 g/mol. The average Bonchev–Trinajstić information content (AvgIpc) is 3.39. The smallest absolute Gasteiger partial charge is 0.240 e. The predicted molar refractivity (Wildman–Crippen MR) is 109 cm³/mol. The molecule has 0 aliphatic carbocycles. The van der Waals surface area contributed by atoms with E-state index in [1.807, 2.05) is 0 Å². The van der Waals surface area contributed by atoms with Gasteiger partial charge in [-0.15, -0.1) is 0 Å². The number of anilines is 1. The van der Waals surface area contributed by atoms with Gasteiger partial charge in [0.1, 0.15) is 5.82 Å². The summed E-state index contributed by atoms with van der Waals surface area (Å²) in [6, 6.07) is 11.0. The van der Waals surface area contributed by atoms with Gasteiger partial charge in [-0.05, 0) is 49.4 Å². The number of amides is 1. The molecule has 2 heterocycles. The molecule has 0 spiro atoms. The van der Waals surface area contributed by atoms with Crippen LogP contribution < -0.4 is 9.62 Å². The summed E-state index contributed by atoms with van der Waals surface area (Å²) in [6.45, 7) is 0.489. The summed E-state index contributed by atoms with van der Waals surface area (Å²) < 4.78 is 45.7. The molecule has 7 nitrogen and oxygen atoms in total. The number of sulfonamides is 1. The van der Waals surface area contributed by atoms with Crippen LogP contribution in [-0.2, 0) is 27.7 Å². The molecule has 1 aliphatic heterocycles. The quantitative estimate of drug-likeness (QED) is 0.651. The number of hydrogen-bond acceptors (Lipinski definition) is 5. The van der Waals surface area contributed by atoms with Gasteiger partial charge in [0.2, 0.25) is 15.9 Å². The average molecular weight is 429 g/mol. The molecule has 1 N–H and O–H groups in total. The van der Waals surface area contributed by atoms with Crippen LogP contribution in [0.3, 0.4) is 0 Å². The van der Waals surface area contributed by atoms with E-state index in [-0.39, 0.29) is 23.6 Å². The van der Waals surface area contributed by atoms with Crippen LogP contribution in [0, 0.1) is 5.82 Å². The summed E-state index contributed by atoms with van der Waals surface area (Å²) in [6.07, 6.45) is 2.50. The molecule has 1 aliphatic rings. The van der Waals surface area contributed by atoms with Gasteiger partial charge in [0, 0.05) is 25.1 Å². The van der Waals surface area contributed by atoms with E-state index in [1.165, 1.54) is 25.4 Å². The predicted octanol–water partition coefficient (Wildman–Crippen LogP) is 2.91. The van der Waals surface area contributed by atoms with Crippen LogP contribution in [0.25, 0.3) is 11.3 Å². The highest BCUT2D eigenvalue weighted by Crippen LogP contribution is 2.31. The normalized spacial score (nSPS) is 13.5. The molecule has 1 amide bonds. The molecule has 0 radical (unpaired) electrons. The standard InChI is InChI=1S/C21H20FN3O4S/c1-23-30(27,28)15-6-7-18-14(12-15)10-11-25(18)21(26)9-8-20-24-13-19(29-20)16-4-2-3-5-17(16)22/h2-7,12-13,23H,8-11H2,1H3. The highest BCUT2D eigenvalue weighted by Gasteiger charge is 2.26. The van der Waals surface area contributed by atoms with Crippen LogP contribution in [0.5, 0.6) is 0 Å². The van der Waals surface area contributed by atoms with Crippen molar-refractivity contribution in [2.75, 3.05) is 18.5 Å². The topological polar surface area (TPSA) is 92.5 Å². The third kappa shape index (κ3) is 3.86. The maximum atomic E-state index is 13.9. The minimum absolute atomic E-state index is 0.108. The van der Waals surface area contributed by atoms with Crippen molar-refractivity contribution >= 4 is 21.6 Å². The third-order valence-electron chi connectivity index (χ3n) is 5.07. The van der Waals surface area contributed by atoms with Gasteiger partial charge < -0.3 is 9.32 Å². The van der Waals surface area contributed by atoms with E-state index in [0.29, 0.717) is 30.2 Å².